The lowest BCUT2D eigenvalue weighted by atomic mass is 9.95. The maximum Gasteiger partial charge on any atom is 0.0726 e. The first-order valence-corrected chi connectivity index (χ1v) is 9.85. The van der Waals surface area contributed by atoms with E-state index < -0.39 is 0 Å². The fourth-order valence-electron chi connectivity index (χ4n) is 3.97. The van der Waals surface area contributed by atoms with E-state index in [-0.39, 0.29) is 12.2 Å². The van der Waals surface area contributed by atoms with Crippen molar-refractivity contribution < 1.29 is 4.74 Å². The Labute approximate surface area is 161 Å². The summed E-state index contributed by atoms with van der Waals surface area (Å²) >= 11 is 0. The predicted octanol–water partition coefficient (Wildman–Crippen LogP) is 4.36. The van der Waals surface area contributed by atoms with Gasteiger partial charge in [-0.25, -0.2) is 0 Å². The van der Waals surface area contributed by atoms with Crippen LogP contribution < -0.4 is 4.90 Å². The molecular formula is C23H27N3O. The summed E-state index contributed by atoms with van der Waals surface area (Å²) in [4.78, 5) is 11.4. The van der Waals surface area contributed by atoms with Gasteiger partial charge in [0.2, 0.25) is 0 Å². The molecule has 1 aromatic carbocycles. The molecule has 4 rings (SSSR count). The van der Waals surface area contributed by atoms with E-state index in [0.717, 1.165) is 43.8 Å². The maximum atomic E-state index is 5.85. The van der Waals surface area contributed by atoms with E-state index in [9.17, 15) is 0 Å². The van der Waals surface area contributed by atoms with Crippen molar-refractivity contribution in [1.82, 2.24) is 4.98 Å². The van der Waals surface area contributed by atoms with Gasteiger partial charge in [0, 0.05) is 43.3 Å². The molecule has 3 heterocycles. The fraction of sp³-hybridized carbons (Fsp3) is 0.391. The minimum absolute atomic E-state index is 0.274. The average Bonchev–Trinajstić information content (AvgIpc) is 2.69. The highest BCUT2D eigenvalue weighted by molar-refractivity contribution is 6.15. The summed E-state index contributed by atoms with van der Waals surface area (Å²) in [5.74, 6) is 0. The van der Waals surface area contributed by atoms with Gasteiger partial charge in [0.25, 0.3) is 0 Å². The van der Waals surface area contributed by atoms with Crippen molar-refractivity contribution in [2.45, 2.75) is 38.9 Å². The lowest BCUT2D eigenvalue weighted by molar-refractivity contribution is -0.00521. The van der Waals surface area contributed by atoms with Crippen LogP contribution in [0.5, 0.6) is 0 Å². The quantitative estimate of drug-likeness (QED) is 0.815. The number of morpholine rings is 1. The number of aliphatic imine (C=N–C) groups is 1. The third kappa shape index (κ3) is 4.28. The Morgan fingerprint density at radius 3 is 2.56 bits per heavy atom. The van der Waals surface area contributed by atoms with Gasteiger partial charge in [-0.1, -0.05) is 12.1 Å². The van der Waals surface area contributed by atoms with Crippen LogP contribution in [0.2, 0.25) is 0 Å². The van der Waals surface area contributed by atoms with Crippen molar-refractivity contribution in [2.75, 3.05) is 24.5 Å². The van der Waals surface area contributed by atoms with Gasteiger partial charge in [-0.3, -0.25) is 9.98 Å². The lowest BCUT2D eigenvalue weighted by Gasteiger charge is -2.36. The second-order valence-electron chi connectivity index (χ2n) is 7.50. The number of hydrogen-bond acceptors (Lipinski definition) is 4. The van der Waals surface area contributed by atoms with Gasteiger partial charge in [-0.15, -0.1) is 0 Å². The van der Waals surface area contributed by atoms with Crippen molar-refractivity contribution in [3.05, 3.63) is 65.5 Å². The Kier molecular flexibility index (Phi) is 5.35. The zero-order valence-electron chi connectivity index (χ0n) is 16.1. The van der Waals surface area contributed by atoms with Crippen LogP contribution in [0.3, 0.4) is 0 Å². The molecule has 4 nitrogen and oxygen atoms in total. The molecule has 0 N–H and O–H groups in total. The number of benzene rings is 1. The molecule has 0 aliphatic carbocycles. The van der Waals surface area contributed by atoms with Gasteiger partial charge < -0.3 is 9.64 Å². The second-order valence-corrected chi connectivity index (χ2v) is 7.50. The fourth-order valence-corrected chi connectivity index (χ4v) is 3.97. The van der Waals surface area contributed by atoms with Gasteiger partial charge >= 0.3 is 0 Å². The molecule has 0 bridgehead atoms. The Bertz CT molecular complexity index is 816. The van der Waals surface area contributed by atoms with Crippen molar-refractivity contribution >= 4 is 17.5 Å². The van der Waals surface area contributed by atoms with Gasteiger partial charge in [0.1, 0.15) is 0 Å². The highest BCUT2D eigenvalue weighted by Crippen LogP contribution is 2.24. The maximum absolute atomic E-state index is 5.85. The van der Waals surface area contributed by atoms with Crippen LogP contribution in [0, 0.1) is 0 Å². The third-order valence-electron chi connectivity index (χ3n) is 5.13. The van der Waals surface area contributed by atoms with Crippen LogP contribution in [-0.2, 0) is 4.74 Å². The molecule has 1 saturated heterocycles. The first-order valence-electron chi connectivity index (χ1n) is 9.85. The number of anilines is 1. The summed E-state index contributed by atoms with van der Waals surface area (Å²) in [6, 6.07) is 12.9. The Balaban J connectivity index is 1.55. The summed E-state index contributed by atoms with van der Waals surface area (Å²) in [5, 5.41) is 0. The first kappa shape index (κ1) is 17.9. The van der Waals surface area contributed by atoms with Crippen molar-refractivity contribution in [1.29, 1.82) is 0 Å². The van der Waals surface area contributed by atoms with Gasteiger partial charge in [0.05, 0.1) is 17.9 Å². The van der Waals surface area contributed by atoms with E-state index in [1.165, 1.54) is 16.8 Å². The lowest BCUT2D eigenvalue weighted by Crippen LogP contribution is -2.45. The first-order chi connectivity index (χ1) is 13.2. The largest absolute Gasteiger partial charge is 0.372 e. The Morgan fingerprint density at radius 2 is 1.85 bits per heavy atom. The number of ether oxygens (including phenoxy) is 1. The summed E-state index contributed by atoms with van der Waals surface area (Å²) < 4.78 is 5.85. The molecule has 0 saturated carbocycles. The van der Waals surface area contributed by atoms with Crippen LogP contribution in [0.4, 0.5) is 5.69 Å². The Morgan fingerprint density at radius 1 is 1.07 bits per heavy atom. The van der Waals surface area contributed by atoms with E-state index in [0.29, 0.717) is 0 Å². The van der Waals surface area contributed by atoms with E-state index in [1.807, 2.05) is 18.5 Å². The van der Waals surface area contributed by atoms with Gasteiger partial charge in [-0.05, 0) is 68.2 Å². The van der Waals surface area contributed by atoms with E-state index in [4.69, 9.17) is 9.73 Å². The number of hydrogen-bond donors (Lipinski definition) is 0. The van der Waals surface area contributed by atoms with Crippen molar-refractivity contribution in [3.63, 3.8) is 0 Å². The normalized spacial score (nSPS) is 24.7. The zero-order valence-corrected chi connectivity index (χ0v) is 16.1. The smallest absolute Gasteiger partial charge is 0.0726 e. The minimum atomic E-state index is 0.274. The molecule has 2 aliphatic rings. The zero-order chi connectivity index (χ0) is 18.6. The summed E-state index contributed by atoms with van der Waals surface area (Å²) in [5.41, 5.74) is 5.99. The molecule has 1 fully saturated rings. The number of rotatable bonds is 3. The molecule has 0 amide bonds. The highest BCUT2D eigenvalue weighted by Gasteiger charge is 2.22. The van der Waals surface area contributed by atoms with Crippen LogP contribution in [0.25, 0.3) is 6.08 Å². The minimum Gasteiger partial charge on any atom is -0.372 e. The molecule has 0 radical (unpaired) electrons. The number of aromatic nitrogens is 1. The number of nitrogens with zero attached hydrogens (tertiary/aromatic N) is 3. The molecular weight excluding hydrogens is 334 g/mol. The molecule has 27 heavy (non-hydrogen) atoms. The van der Waals surface area contributed by atoms with Crippen LogP contribution >= 0.6 is 0 Å². The Hall–Kier alpha value is -2.46. The third-order valence-corrected chi connectivity index (χ3v) is 5.13. The molecule has 2 aromatic rings. The van der Waals surface area contributed by atoms with Crippen molar-refractivity contribution in [3.8, 4) is 0 Å². The standard InChI is InChI=1S/C23H27N3O/c1-17-15-26(16-18(2)27-17)22-9-7-19(8-10-22)13-20-5-4-12-25-23(20)21-6-3-11-24-14-21/h3,6-11,13-14,17-18H,4-5,12,15-16H2,1-2H3/b20-13+. The summed E-state index contributed by atoms with van der Waals surface area (Å²) in [6.45, 7) is 7.08. The molecule has 4 heteroatoms. The summed E-state index contributed by atoms with van der Waals surface area (Å²) in [7, 11) is 0. The van der Waals surface area contributed by atoms with Crippen LogP contribution in [0.1, 0.15) is 37.8 Å². The number of allylic oxidation sites excluding steroid dienone is 1. The van der Waals surface area contributed by atoms with E-state index in [2.05, 4.69) is 60.1 Å². The number of pyridine rings is 1. The van der Waals surface area contributed by atoms with Gasteiger partial charge in [0.15, 0.2) is 0 Å². The van der Waals surface area contributed by atoms with Crippen LogP contribution in [-0.4, -0.2) is 42.5 Å². The molecule has 0 spiro atoms. The highest BCUT2D eigenvalue weighted by atomic mass is 16.5. The summed E-state index contributed by atoms with van der Waals surface area (Å²) in [6.07, 6.45) is 8.71. The topological polar surface area (TPSA) is 37.7 Å². The average molecular weight is 361 g/mol. The SMILES string of the molecule is CC1CN(c2ccc(/C=C3\CCCN=C3c3cccnc3)cc2)CC(C)O1. The van der Waals surface area contributed by atoms with Gasteiger partial charge in [-0.2, -0.15) is 0 Å². The molecule has 1 aromatic heterocycles. The molecule has 140 valence electrons. The van der Waals surface area contributed by atoms with E-state index >= 15 is 0 Å². The predicted molar refractivity (Wildman–Crippen MR) is 112 cm³/mol. The molecule has 2 aliphatic heterocycles. The van der Waals surface area contributed by atoms with Crippen LogP contribution in [0.15, 0.2) is 59.4 Å². The second kappa shape index (κ2) is 8.05. The molecule has 2 unspecified atom stereocenters. The monoisotopic (exact) mass is 361 g/mol. The van der Waals surface area contributed by atoms with Crippen molar-refractivity contribution in [2.24, 2.45) is 4.99 Å². The van der Waals surface area contributed by atoms with E-state index in [1.54, 1.807) is 0 Å². The molecule has 2 atom stereocenters.